The maximum atomic E-state index is 13.0. The van der Waals surface area contributed by atoms with Gasteiger partial charge in [-0.3, -0.25) is 14.8 Å². The largest absolute Gasteiger partial charge is 0.493 e. The third-order valence-electron chi connectivity index (χ3n) is 5.11. The van der Waals surface area contributed by atoms with Gasteiger partial charge < -0.3 is 9.47 Å². The second-order valence-corrected chi connectivity index (χ2v) is 7.81. The van der Waals surface area contributed by atoms with Crippen molar-refractivity contribution in [3.63, 3.8) is 0 Å². The Bertz CT molecular complexity index is 1240. The number of nitrogens with zero attached hydrogens (tertiary/aromatic N) is 3. The Morgan fingerprint density at radius 2 is 1.93 bits per heavy atom. The van der Waals surface area contributed by atoms with Gasteiger partial charge in [0, 0.05) is 24.6 Å². The minimum Gasteiger partial charge on any atom is -0.493 e. The highest BCUT2D eigenvalue weighted by Gasteiger charge is 2.31. The van der Waals surface area contributed by atoms with E-state index in [1.165, 1.54) is 11.3 Å². The molecule has 0 bridgehead atoms. The summed E-state index contributed by atoms with van der Waals surface area (Å²) in [5, 5.41) is 7.96. The van der Waals surface area contributed by atoms with Gasteiger partial charge in [0.25, 0.3) is 5.91 Å². The molecule has 2 heterocycles. The monoisotopic (exact) mass is 406 g/mol. The number of ether oxygens (including phenoxy) is 2. The number of aryl methyl sites for hydroxylation is 1. The number of para-hydroxylation sites is 1. The van der Waals surface area contributed by atoms with Gasteiger partial charge in [0.2, 0.25) is 0 Å². The average Bonchev–Trinajstić information content (AvgIpc) is 3.38. The smallest absolute Gasteiger partial charge is 0.278 e. The van der Waals surface area contributed by atoms with Crippen LogP contribution in [0.1, 0.15) is 21.6 Å². The molecule has 2 aromatic carbocycles. The lowest BCUT2D eigenvalue weighted by molar-refractivity contribution is 0.102. The van der Waals surface area contributed by atoms with E-state index in [2.05, 4.69) is 15.4 Å². The minimum atomic E-state index is -0.257. The fourth-order valence-corrected chi connectivity index (χ4v) is 4.68. The van der Waals surface area contributed by atoms with Crippen LogP contribution in [0, 0.1) is 0 Å². The Kier molecular flexibility index (Phi) is 4.02. The molecule has 5 rings (SSSR count). The molecule has 0 atom stereocenters. The lowest BCUT2D eigenvalue weighted by Gasteiger charge is -2.11. The molecule has 1 N–H and O–H groups in total. The normalized spacial score (nSPS) is 12.0. The molecule has 0 spiro atoms. The van der Waals surface area contributed by atoms with E-state index in [0.717, 1.165) is 32.6 Å². The van der Waals surface area contributed by atoms with E-state index >= 15 is 0 Å². The summed E-state index contributed by atoms with van der Waals surface area (Å²) in [5.74, 6) is 1.07. The highest BCUT2D eigenvalue weighted by Crippen LogP contribution is 2.43. The molecule has 7 nitrogen and oxygen atoms in total. The lowest BCUT2D eigenvalue weighted by atomic mass is 10.1. The van der Waals surface area contributed by atoms with Crippen molar-refractivity contribution in [2.45, 2.75) is 6.42 Å². The molecule has 146 valence electrons. The number of thiazole rings is 1. The Hall–Kier alpha value is -3.39. The SMILES string of the molecule is COc1cc2c(cc1OC)-c1c(c(C(=O)Nc3nc4ccccc4s3)nn1C)C2. The number of methoxy groups -OCH3 is 2. The second-order valence-electron chi connectivity index (χ2n) is 6.78. The summed E-state index contributed by atoms with van der Waals surface area (Å²) in [4.78, 5) is 17.5. The highest BCUT2D eigenvalue weighted by atomic mass is 32.1. The van der Waals surface area contributed by atoms with E-state index in [1.54, 1.807) is 18.9 Å². The van der Waals surface area contributed by atoms with Crippen molar-refractivity contribution in [3.8, 4) is 22.8 Å². The quantitative estimate of drug-likeness (QED) is 0.490. The summed E-state index contributed by atoms with van der Waals surface area (Å²) in [6.45, 7) is 0. The third kappa shape index (κ3) is 2.75. The summed E-state index contributed by atoms with van der Waals surface area (Å²) >= 11 is 1.45. The first kappa shape index (κ1) is 17.7. The van der Waals surface area contributed by atoms with Gasteiger partial charge in [0.1, 0.15) is 0 Å². The van der Waals surface area contributed by atoms with Crippen molar-refractivity contribution in [2.75, 3.05) is 19.5 Å². The maximum absolute atomic E-state index is 13.0. The third-order valence-corrected chi connectivity index (χ3v) is 6.06. The van der Waals surface area contributed by atoms with Gasteiger partial charge in [-0.05, 0) is 29.8 Å². The summed E-state index contributed by atoms with van der Waals surface area (Å²) in [7, 11) is 5.07. The molecule has 1 aliphatic carbocycles. The molecule has 2 aromatic heterocycles. The second kappa shape index (κ2) is 6.59. The van der Waals surface area contributed by atoms with Gasteiger partial charge in [0.15, 0.2) is 22.3 Å². The van der Waals surface area contributed by atoms with Crippen LogP contribution >= 0.6 is 11.3 Å². The predicted octanol–water partition coefficient (Wildman–Crippen LogP) is 3.87. The van der Waals surface area contributed by atoms with Crippen LogP contribution in [0.15, 0.2) is 36.4 Å². The van der Waals surface area contributed by atoms with Crippen LogP contribution in [0.4, 0.5) is 5.13 Å². The number of hydrogen-bond donors (Lipinski definition) is 1. The number of carbonyl (C=O) groups excluding carboxylic acids is 1. The molecule has 0 saturated heterocycles. The molecular formula is C21H18N4O3S. The van der Waals surface area contributed by atoms with Gasteiger partial charge in [0.05, 0.1) is 30.1 Å². The van der Waals surface area contributed by atoms with E-state index in [1.807, 2.05) is 43.4 Å². The maximum Gasteiger partial charge on any atom is 0.278 e. The number of hydrogen-bond acceptors (Lipinski definition) is 6. The Morgan fingerprint density at radius 3 is 2.69 bits per heavy atom. The standard InChI is InChI=1S/C21H18N4O3S/c1-25-19-12-10-16(28-3)15(27-2)9-11(12)8-13(19)18(24-25)20(26)23-21-22-14-6-4-5-7-17(14)29-21/h4-7,9-10H,8H2,1-3H3,(H,22,23,26). The van der Waals surface area contributed by atoms with E-state index in [-0.39, 0.29) is 5.91 Å². The zero-order valence-corrected chi connectivity index (χ0v) is 17.0. The summed E-state index contributed by atoms with van der Waals surface area (Å²) in [5.41, 5.74) is 5.19. The topological polar surface area (TPSA) is 78.3 Å². The minimum absolute atomic E-state index is 0.257. The van der Waals surface area contributed by atoms with Crippen molar-refractivity contribution in [3.05, 3.63) is 53.2 Å². The fraction of sp³-hybridized carbons (Fsp3) is 0.190. The van der Waals surface area contributed by atoms with E-state index in [0.29, 0.717) is 28.7 Å². The van der Waals surface area contributed by atoms with Crippen molar-refractivity contribution < 1.29 is 14.3 Å². The molecule has 1 amide bonds. The van der Waals surface area contributed by atoms with Gasteiger partial charge in [-0.15, -0.1) is 0 Å². The van der Waals surface area contributed by atoms with Crippen molar-refractivity contribution >= 4 is 32.6 Å². The average molecular weight is 406 g/mol. The van der Waals surface area contributed by atoms with Crippen LogP contribution in [0.3, 0.4) is 0 Å². The van der Waals surface area contributed by atoms with E-state index < -0.39 is 0 Å². The van der Waals surface area contributed by atoms with Crippen LogP contribution in [-0.4, -0.2) is 34.9 Å². The molecule has 0 radical (unpaired) electrons. The molecule has 1 aliphatic rings. The number of rotatable bonds is 4. The first-order chi connectivity index (χ1) is 14.1. The van der Waals surface area contributed by atoms with Crippen LogP contribution in [-0.2, 0) is 13.5 Å². The van der Waals surface area contributed by atoms with Gasteiger partial charge in [-0.2, -0.15) is 5.10 Å². The van der Waals surface area contributed by atoms with Gasteiger partial charge >= 0.3 is 0 Å². The summed E-state index contributed by atoms with van der Waals surface area (Å²) in [6, 6.07) is 11.7. The predicted molar refractivity (Wildman–Crippen MR) is 112 cm³/mol. The molecule has 8 heteroatoms. The first-order valence-corrected chi connectivity index (χ1v) is 9.88. The number of anilines is 1. The molecular weight excluding hydrogens is 388 g/mol. The summed E-state index contributed by atoms with van der Waals surface area (Å²) in [6.07, 6.45) is 0.613. The van der Waals surface area contributed by atoms with Crippen LogP contribution in [0.5, 0.6) is 11.5 Å². The number of fused-ring (bicyclic) bond motifs is 4. The zero-order valence-electron chi connectivity index (χ0n) is 16.1. The van der Waals surface area contributed by atoms with Crippen molar-refractivity contribution in [2.24, 2.45) is 7.05 Å². The van der Waals surface area contributed by atoms with Crippen LogP contribution in [0.25, 0.3) is 21.5 Å². The molecule has 0 fully saturated rings. The summed E-state index contributed by atoms with van der Waals surface area (Å²) < 4.78 is 13.6. The molecule has 4 aromatic rings. The zero-order chi connectivity index (χ0) is 20.1. The number of aromatic nitrogens is 3. The number of nitrogens with one attached hydrogen (secondary N) is 1. The first-order valence-electron chi connectivity index (χ1n) is 9.07. The molecule has 0 aliphatic heterocycles. The highest BCUT2D eigenvalue weighted by molar-refractivity contribution is 7.22. The molecule has 0 unspecified atom stereocenters. The lowest BCUT2D eigenvalue weighted by Crippen LogP contribution is -2.14. The molecule has 29 heavy (non-hydrogen) atoms. The molecule has 0 saturated carbocycles. The van der Waals surface area contributed by atoms with E-state index in [9.17, 15) is 4.79 Å². The Morgan fingerprint density at radius 1 is 1.17 bits per heavy atom. The fourth-order valence-electron chi connectivity index (χ4n) is 3.81. The Labute approximate surface area is 170 Å². The van der Waals surface area contributed by atoms with E-state index in [4.69, 9.17) is 9.47 Å². The van der Waals surface area contributed by atoms with Gasteiger partial charge in [-0.25, -0.2) is 4.98 Å². The van der Waals surface area contributed by atoms with Crippen molar-refractivity contribution in [1.29, 1.82) is 0 Å². The van der Waals surface area contributed by atoms with Gasteiger partial charge in [-0.1, -0.05) is 23.5 Å². The van der Waals surface area contributed by atoms with Crippen molar-refractivity contribution in [1.82, 2.24) is 14.8 Å². The Balaban J connectivity index is 1.51. The number of amides is 1. The number of benzene rings is 2. The van der Waals surface area contributed by atoms with Crippen LogP contribution in [0.2, 0.25) is 0 Å². The number of carbonyl (C=O) groups is 1. The van der Waals surface area contributed by atoms with Crippen LogP contribution < -0.4 is 14.8 Å².